The minimum atomic E-state index is -0.677. The van der Waals surface area contributed by atoms with Crippen LogP contribution in [0.15, 0.2) is 36.5 Å². The predicted molar refractivity (Wildman–Crippen MR) is 292 cm³/mol. The monoisotopic (exact) mass is 942 g/mol. The molecule has 0 aromatic carbocycles. The Morgan fingerprint density at radius 1 is 0.418 bits per heavy atom. The van der Waals surface area contributed by atoms with Crippen LogP contribution in [-0.2, 0) is 14.3 Å². The minimum absolute atomic E-state index is 0.0179. The molecule has 0 saturated heterocycles. The third-order valence-corrected chi connectivity index (χ3v) is 13.6. The predicted octanol–water partition coefficient (Wildman–Crippen LogP) is 18.4. The van der Waals surface area contributed by atoms with Gasteiger partial charge in [-0.3, -0.25) is 9.59 Å². The standard InChI is InChI=1S/C61H115NO5/c1-3-5-7-9-11-13-15-17-18-19-20-21-22-23-26-30-33-37-41-45-49-53-59(64)58(57-63)62-60(65)54-50-46-42-38-34-31-27-24-25-28-32-36-40-44-48-52-56-67-61(66)55-51-47-43-39-35-29-16-14-12-10-8-6-4-2/h8,10,14,16,24,27,58-59,63-64H,3-7,9,11-13,15,17-23,25-26,28-57H2,1-2H3,(H,62,65)/b10-8-,16-14-,27-24-. The van der Waals surface area contributed by atoms with E-state index in [2.05, 4.69) is 55.6 Å². The molecule has 2 unspecified atom stereocenters. The summed E-state index contributed by atoms with van der Waals surface area (Å²) in [6.07, 6.45) is 69.9. The highest BCUT2D eigenvalue weighted by atomic mass is 16.5. The first-order valence-electron chi connectivity index (χ1n) is 29.7. The van der Waals surface area contributed by atoms with Crippen molar-refractivity contribution in [3.63, 3.8) is 0 Å². The highest BCUT2D eigenvalue weighted by molar-refractivity contribution is 5.76. The Labute approximate surface area is 417 Å². The van der Waals surface area contributed by atoms with Gasteiger partial charge in [-0.25, -0.2) is 0 Å². The van der Waals surface area contributed by atoms with Crippen molar-refractivity contribution < 1.29 is 24.5 Å². The Kier molecular flexibility index (Phi) is 55.0. The molecule has 0 heterocycles. The molecule has 0 bridgehead atoms. The molecule has 394 valence electrons. The summed E-state index contributed by atoms with van der Waals surface area (Å²) >= 11 is 0. The van der Waals surface area contributed by atoms with Gasteiger partial charge >= 0.3 is 5.97 Å². The molecule has 0 aliphatic rings. The number of hydrogen-bond donors (Lipinski definition) is 3. The van der Waals surface area contributed by atoms with Crippen LogP contribution in [0.5, 0.6) is 0 Å². The lowest BCUT2D eigenvalue weighted by Crippen LogP contribution is -2.45. The summed E-state index contributed by atoms with van der Waals surface area (Å²) in [5.41, 5.74) is 0. The van der Waals surface area contributed by atoms with Crippen molar-refractivity contribution in [3.8, 4) is 0 Å². The zero-order valence-corrected chi connectivity index (χ0v) is 44.9. The van der Waals surface area contributed by atoms with Crippen molar-refractivity contribution in [2.45, 2.75) is 328 Å². The Morgan fingerprint density at radius 3 is 1.21 bits per heavy atom. The number of rotatable bonds is 55. The van der Waals surface area contributed by atoms with Gasteiger partial charge in [0.2, 0.25) is 5.91 Å². The van der Waals surface area contributed by atoms with Gasteiger partial charge in [-0.15, -0.1) is 0 Å². The molecule has 2 atom stereocenters. The molecule has 0 aromatic rings. The van der Waals surface area contributed by atoms with Crippen LogP contribution in [0.2, 0.25) is 0 Å². The molecule has 0 fully saturated rings. The number of carbonyl (C=O) groups excluding carboxylic acids is 2. The number of amides is 1. The van der Waals surface area contributed by atoms with E-state index in [-0.39, 0.29) is 18.5 Å². The molecule has 0 aromatic heterocycles. The normalized spacial score (nSPS) is 12.8. The maximum Gasteiger partial charge on any atom is 0.305 e. The first kappa shape index (κ1) is 65.1. The maximum atomic E-state index is 12.5. The maximum absolute atomic E-state index is 12.5. The topological polar surface area (TPSA) is 95.9 Å². The van der Waals surface area contributed by atoms with Crippen LogP contribution in [0.4, 0.5) is 0 Å². The highest BCUT2D eigenvalue weighted by Crippen LogP contribution is 2.17. The number of nitrogens with one attached hydrogen (secondary N) is 1. The van der Waals surface area contributed by atoms with Gasteiger partial charge in [0.1, 0.15) is 0 Å². The van der Waals surface area contributed by atoms with Crippen LogP contribution < -0.4 is 5.32 Å². The zero-order chi connectivity index (χ0) is 48.6. The number of unbranched alkanes of at least 4 members (excludes halogenated alkanes) is 38. The molecule has 0 aliphatic heterocycles. The molecule has 0 saturated carbocycles. The molecule has 0 spiro atoms. The molecule has 67 heavy (non-hydrogen) atoms. The van der Waals surface area contributed by atoms with Crippen molar-refractivity contribution in [2.24, 2.45) is 0 Å². The number of allylic oxidation sites excluding steroid dienone is 6. The molecule has 6 nitrogen and oxygen atoms in total. The van der Waals surface area contributed by atoms with E-state index < -0.39 is 12.1 Å². The Hall–Kier alpha value is -1.92. The fourth-order valence-electron chi connectivity index (χ4n) is 9.08. The van der Waals surface area contributed by atoms with Gasteiger partial charge in [0.15, 0.2) is 0 Å². The minimum Gasteiger partial charge on any atom is -0.466 e. The van der Waals surface area contributed by atoms with Crippen LogP contribution in [-0.4, -0.2) is 47.4 Å². The molecule has 0 radical (unpaired) electrons. The zero-order valence-electron chi connectivity index (χ0n) is 44.9. The van der Waals surface area contributed by atoms with Gasteiger partial charge < -0.3 is 20.3 Å². The van der Waals surface area contributed by atoms with Crippen LogP contribution in [0, 0.1) is 0 Å². The second-order valence-electron chi connectivity index (χ2n) is 20.3. The second kappa shape index (κ2) is 56.7. The van der Waals surface area contributed by atoms with Crippen LogP contribution in [0.25, 0.3) is 0 Å². The Balaban J connectivity index is 3.48. The summed E-state index contributed by atoms with van der Waals surface area (Å²) in [6, 6.07) is -0.555. The first-order valence-corrected chi connectivity index (χ1v) is 29.7. The molecule has 0 rings (SSSR count). The van der Waals surface area contributed by atoms with Gasteiger partial charge in [0, 0.05) is 12.8 Å². The van der Waals surface area contributed by atoms with Gasteiger partial charge in [-0.2, -0.15) is 0 Å². The third kappa shape index (κ3) is 53.3. The summed E-state index contributed by atoms with van der Waals surface area (Å²) in [4.78, 5) is 24.5. The Bertz CT molecular complexity index is 1090. The van der Waals surface area contributed by atoms with Crippen molar-refractivity contribution in [3.05, 3.63) is 36.5 Å². The summed E-state index contributed by atoms with van der Waals surface area (Å²) in [6.45, 7) is 4.87. The summed E-state index contributed by atoms with van der Waals surface area (Å²) < 4.78 is 5.45. The average molecular weight is 943 g/mol. The van der Waals surface area contributed by atoms with Crippen molar-refractivity contribution in [2.75, 3.05) is 13.2 Å². The van der Waals surface area contributed by atoms with Gasteiger partial charge in [-0.05, 0) is 77.0 Å². The smallest absolute Gasteiger partial charge is 0.305 e. The number of carbonyl (C=O) groups is 2. The second-order valence-corrected chi connectivity index (χ2v) is 20.3. The quantitative estimate of drug-likeness (QED) is 0.0321. The van der Waals surface area contributed by atoms with E-state index >= 15 is 0 Å². The lowest BCUT2D eigenvalue weighted by Gasteiger charge is -2.22. The summed E-state index contributed by atoms with van der Waals surface area (Å²) in [7, 11) is 0. The van der Waals surface area contributed by atoms with E-state index in [0.29, 0.717) is 25.9 Å². The molecular formula is C61H115NO5. The third-order valence-electron chi connectivity index (χ3n) is 13.6. The van der Waals surface area contributed by atoms with E-state index in [1.165, 1.54) is 212 Å². The van der Waals surface area contributed by atoms with Crippen molar-refractivity contribution in [1.29, 1.82) is 0 Å². The number of aliphatic hydroxyl groups is 2. The van der Waals surface area contributed by atoms with E-state index in [9.17, 15) is 19.8 Å². The van der Waals surface area contributed by atoms with E-state index in [0.717, 1.165) is 70.6 Å². The van der Waals surface area contributed by atoms with E-state index in [4.69, 9.17) is 4.74 Å². The largest absolute Gasteiger partial charge is 0.466 e. The Morgan fingerprint density at radius 2 is 0.776 bits per heavy atom. The first-order chi connectivity index (χ1) is 33.0. The average Bonchev–Trinajstić information content (AvgIpc) is 3.33. The molecular weight excluding hydrogens is 827 g/mol. The van der Waals surface area contributed by atoms with Crippen molar-refractivity contribution >= 4 is 11.9 Å². The number of aliphatic hydroxyl groups excluding tert-OH is 2. The lowest BCUT2D eigenvalue weighted by atomic mass is 10.0. The summed E-state index contributed by atoms with van der Waals surface area (Å²) in [5.74, 6) is -0.0683. The van der Waals surface area contributed by atoms with Crippen LogP contribution in [0.3, 0.4) is 0 Å². The highest BCUT2D eigenvalue weighted by Gasteiger charge is 2.20. The lowest BCUT2D eigenvalue weighted by molar-refractivity contribution is -0.143. The number of esters is 1. The van der Waals surface area contributed by atoms with Crippen LogP contribution >= 0.6 is 0 Å². The molecule has 3 N–H and O–H groups in total. The van der Waals surface area contributed by atoms with E-state index in [1.54, 1.807) is 0 Å². The molecule has 6 heteroatoms. The molecule has 1 amide bonds. The number of hydrogen-bond acceptors (Lipinski definition) is 5. The molecule has 0 aliphatic carbocycles. The summed E-state index contributed by atoms with van der Waals surface area (Å²) in [5, 5.41) is 23.3. The van der Waals surface area contributed by atoms with Gasteiger partial charge in [0.25, 0.3) is 0 Å². The fraction of sp³-hybridized carbons (Fsp3) is 0.869. The van der Waals surface area contributed by atoms with Gasteiger partial charge in [-0.1, -0.05) is 262 Å². The van der Waals surface area contributed by atoms with Gasteiger partial charge in [0.05, 0.1) is 25.4 Å². The van der Waals surface area contributed by atoms with Crippen LogP contribution in [0.1, 0.15) is 316 Å². The number of ether oxygens (including phenoxy) is 1. The van der Waals surface area contributed by atoms with E-state index in [1.807, 2.05) is 0 Å². The van der Waals surface area contributed by atoms with Crippen molar-refractivity contribution in [1.82, 2.24) is 5.32 Å². The fourth-order valence-corrected chi connectivity index (χ4v) is 9.08. The SMILES string of the molecule is CCC/C=C\C/C=C\CCCCCCCC(=O)OCCCCCCCCC/C=C\CCCCCCCC(=O)NC(CO)C(O)CCCCCCCCCCCCCCCCCCCCCCC.